The lowest BCUT2D eigenvalue weighted by Gasteiger charge is -2.71. The van der Waals surface area contributed by atoms with Crippen molar-refractivity contribution in [3.8, 4) is 0 Å². The van der Waals surface area contributed by atoms with Crippen LogP contribution in [0.1, 0.15) is 113 Å². The third-order valence-electron chi connectivity index (χ3n) is 21.0. The number of allylic oxidation sites excluding steroid dienone is 1. The van der Waals surface area contributed by atoms with Gasteiger partial charge in [0.15, 0.2) is 25.2 Å². The van der Waals surface area contributed by atoms with Crippen LogP contribution in [-0.2, 0) is 37.9 Å². The molecule has 0 radical (unpaired) electrons. The highest BCUT2D eigenvalue weighted by molar-refractivity contribution is 5.21. The average Bonchev–Trinajstić information content (AvgIpc) is 3.92. The van der Waals surface area contributed by atoms with Crippen molar-refractivity contribution < 1.29 is 114 Å². The molecule has 0 aromatic rings. The van der Waals surface area contributed by atoms with Gasteiger partial charge in [-0.25, -0.2) is 0 Å². The van der Waals surface area contributed by atoms with Crippen LogP contribution in [0.2, 0.25) is 0 Å². The number of aliphatic hydroxyl groups excluding tert-OH is 15. The highest BCUT2D eigenvalue weighted by Gasteiger charge is 2.72. The van der Waals surface area contributed by atoms with E-state index in [2.05, 4.69) is 34.6 Å². The van der Waals surface area contributed by atoms with E-state index in [1.165, 1.54) is 6.92 Å². The number of aliphatic hydroxyl groups is 15. The minimum atomic E-state index is -1.82. The predicted octanol–water partition coefficient (Wildman–Crippen LogP) is -2.20. The van der Waals surface area contributed by atoms with Gasteiger partial charge in [-0.2, -0.15) is 0 Å². The van der Waals surface area contributed by atoms with Gasteiger partial charge in [0.05, 0.1) is 50.3 Å². The minimum Gasteiger partial charge on any atom is -0.394 e. The SMILES string of the molecule is C/C(=C\CC[C@](C)(O[C@@H]1O[C@H](CO[C@@H]2O[C@@H](C)[C@H](O)[C@@H](O)[C@H]2O)[C@@H](O)[C@H](O)[C@H]1O)[C@H]1CC[C@]2(C)[C@@H]1[C@H](O)C[C@@H]1[C@]3(C)CC[C@@H](O[C@@H]4O[C@H](CO)[C@@H](O)[C@H](O)[C@H]4O[C@@H]4O[C@H](CO)[C@@H](O)[C@H](O)[C@H]4O)C(C)(C)[C@H]3CC[C@]12C)CO. The largest absolute Gasteiger partial charge is 0.394 e. The Bertz CT molecular complexity index is 2000. The van der Waals surface area contributed by atoms with Gasteiger partial charge >= 0.3 is 0 Å². The lowest BCUT2D eigenvalue weighted by Crippen LogP contribution is -2.68. The van der Waals surface area contributed by atoms with Crippen LogP contribution in [0.5, 0.6) is 0 Å². The summed E-state index contributed by atoms with van der Waals surface area (Å²) < 4.78 is 49.0. The third kappa shape index (κ3) is 10.9. The highest BCUT2D eigenvalue weighted by Crippen LogP contribution is 2.76. The molecule has 0 bridgehead atoms. The molecule has 0 unspecified atom stereocenters. The van der Waals surface area contributed by atoms with Crippen molar-refractivity contribution >= 4 is 0 Å². The Balaban J connectivity index is 1.02. The van der Waals surface area contributed by atoms with E-state index in [0.717, 1.165) is 24.8 Å². The molecule has 4 saturated carbocycles. The van der Waals surface area contributed by atoms with Crippen molar-refractivity contribution in [1.29, 1.82) is 0 Å². The Morgan fingerprint density at radius 3 is 1.78 bits per heavy atom. The Hall–Kier alpha value is -1.18. The van der Waals surface area contributed by atoms with E-state index in [1.807, 2.05) is 19.9 Å². The summed E-state index contributed by atoms with van der Waals surface area (Å²) in [4.78, 5) is 0. The fourth-order valence-electron chi connectivity index (χ4n) is 16.2. The first kappa shape index (κ1) is 61.9. The minimum absolute atomic E-state index is 0.0233. The summed E-state index contributed by atoms with van der Waals surface area (Å²) >= 11 is 0. The fraction of sp³-hybridized carbons (Fsp3) is 0.963. The second-order valence-corrected chi connectivity index (χ2v) is 25.7. The summed E-state index contributed by atoms with van der Waals surface area (Å²) in [5, 5.41) is 162. The van der Waals surface area contributed by atoms with Gasteiger partial charge < -0.3 is 114 Å². The van der Waals surface area contributed by atoms with Gasteiger partial charge in [-0.15, -0.1) is 0 Å². The maximum atomic E-state index is 12.8. The summed E-state index contributed by atoms with van der Waals surface area (Å²) in [6, 6.07) is 0. The molecule has 8 aliphatic rings. The number of hydrogen-bond acceptors (Lipinski definition) is 23. The van der Waals surface area contributed by atoms with Crippen molar-refractivity contribution in [2.75, 3.05) is 26.4 Å². The fourth-order valence-corrected chi connectivity index (χ4v) is 16.2. The maximum absolute atomic E-state index is 12.8. The molecule has 0 amide bonds. The molecular weight excluding hydrogens is 1020 g/mol. The smallest absolute Gasteiger partial charge is 0.187 e. The lowest BCUT2D eigenvalue weighted by molar-refractivity contribution is -0.378. The second-order valence-electron chi connectivity index (χ2n) is 25.7. The zero-order valence-corrected chi connectivity index (χ0v) is 45.8. The van der Waals surface area contributed by atoms with Gasteiger partial charge in [-0.3, -0.25) is 0 Å². The van der Waals surface area contributed by atoms with Gasteiger partial charge in [-0.05, 0) is 124 Å². The summed E-state index contributed by atoms with van der Waals surface area (Å²) in [5.41, 5.74) is -2.05. The molecule has 15 N–H and O–H groups in total. The zero-order valence-electron chi connectivity index (χ0n) is 45.8. The van der Waals surface area contributed by atoms with Crippen molar-refractivity contribution in [2.24, 2.45) is 45.3 Å². The molecule has 8 fully saturated rings. The van der Waals surface area contributed by atoms with E-state index >= 15 is 0 Å². The first-order valence-corrected chi connectivity index (χ1v) is 27.9. The lowest BCUT2D eigenvalue weighted by atomic mass is 9.35. The Kier molecular flexibility index (Phi) is 18.9. The number of fused-ring (bicyclic) bond motifs is 5. The molecule has 77 heavy (non-hydrogen) atoms. The number of hydrogen-bond donors (Lipinski definition) is 15. The summed E-state index contributed by atoms with van der Waals surface area (Å²) in [7, 11) is 0. The second kappa shape index (κ2) is 23.5. The van der Waals surface area contributed by atoms with Crippen molar-refractivity contribution in [3.05, 3.63) is 11.6 Å². The molecular formula is C54H92O23. The molecule has 0 spiro atoms. The molecule has 446 valence electrons. The molecule has 23 nitrogen and oxygen atoms in total. The Morgan fingerprint density at radius 1 is 0.584 bits per heavy atom. The molecule has 4 saturated heterocycles. The monoisotopic (exact) mass is 1110 g/mol. The van der Waals surface area contributed by atoms with Gasteiger partial charge in [0, 0.05) is 0 Å². The van der Waals surface area contributed by atoms with E-state index in [9.17, 15) is 76.6 Å². The van der Waals surface area contributed by atoms with Gasteiger partial charge in [0.25, 0.3) is 0 Å². The summed E-state index contributed by atoms with van der Waals surface area (Å²) in [6.45, 7) is 14.4. The molecule has 23 heteroatoms. The molecule has 0 aromatic carbocycles. The quantitative estimate of drug-likeness (QED) is 0.0576. The third-order valence-corrected chi connectivity index (χ3v) is 21.0. The van der Waals surface area contributed by atoms with E-state index in [1.54, 1.807) is 0 Å². The van der Waals surface area contributed by atoms with Gasteiger partial charge in [-0.1, -0.05) is 46.3 Å². The highest BCUT2D eigenvalue weighted by atomic mass is 16.8. The average molecular weight is 1110 g/mol. The van der Waals surface area contributed by atoms with Crippen molar-refractivity contribution in [2.45, 2.75) is 254 Å². The summed E-state index contributed by atoms with van der Waals surface area (Å²) in [5.74, 6) is -0.566. The van der Waals surface area contributed by atoms with E-state index in [4.69, 9.17) is 37.9 Å². The molecule has 4 heterocycles. The molecule has 30 atom stereocenters. The Morgan fingerprint density at radius 2 is 1.14 bits per heavy atom. The normalized spacial score (nSPS) is 53.0. The van der Waals surface area contributed by atoms with Gasteiger partial charge in [0.1, 0.15) is 91.6 Å². The number of ether oxygens (including phenoxy) is 8. The molecule has 4 aliphatic carbocycles. The Labute approximate surface area is 450 Å². The van der Waals surface area contributed by atoms with E-state index < -0.39 is 171 Å². The van der Waals surface area contributed by atoms with E-state index in [-0.39, 0.29) is 41.1 Å². The first-order valence-electron chi connectivity index (χ1n) is 27.9. The predicted molar refractivity (Wildman–Crippen MR) is 266 cm³/mol. The first-order chi connectivity index (χ1) is 36.0. The van der Waals surface area contributed by atoms with Crippen molar-refractivity contribution in [1.82, 2.24) is 0 Å². The van der Waals surface area contributed by atoms with E-state index in [0.29, 0.717) is 38.5 Å². The number of rotatable bonds is 16. The standard InChI is InChI=1S/C54H92O23/c1-23(19-55)10-9-14-54(8,77-48-44(69)40(65)37(62)29(74-48)22-70-46-42(67)38(63)34(59)24(2)71-46)25-11-16-53(7)33(25)26(58)18-31-51(5)15-13-32(50(3,4)30(51)12-17-52(31,53)6)75-49-45(41(66)36(61)28(21-57)73-49)76-47-43(68)39(64)35(60)27(20-56)72-47/h10,24-49,55-69H,9,11-22H2,1-8H3/b23-10+/t24-,25-,26+,27+,28+,29+,30+,31+,32+,33-,34-,35+,36+,37+,38+,39-,40-,41-,42+,43+,44+,45+,46+,47-,48-,49-,51+,52+,53+,54-/m0/s1. The van der Waals surface area contributed by atoms with Crippen LogP contribution in [0, 0.1) is 45.3 Å². The van der Waals surface area contributed by atoms with Crippen molar-refractivity contribution in [3.63, 3.8) is 0 Å². The van der Waals surface area contributed by atoms with Crippen LogP contribution < -0.4 is 0 Å². The zero-order chi connectivity index (χ0) is 56.6. The summed E-state index contributed by atoms with van der Waals surface area (Å²) in [6.07, 6.45) is -24.7. The topological polar surface area (TPSA) is 377 Å². The van der Waals surface area contributed by atoms with Gasteiger partial charge in [0.2, 0.25) is 0 Å². The van der Waals surface area contributed by atoms with Crippen LogP contribution in [0.3, 0.4) is 0 Å². The molecule has 4 aliphatic heterocycles. The van der Waals surface area contributed by atoms with Crippen LogP contribution in [0.15, 0.2) is 11.6 Å². The van der Waals surface area contributed by atoms with Crippen LogP contribution >= 0.6 is 0 Å². The van der Waals surface area contributed by atoms with Crippen LogP contribution in [0.4, 0.5) is 0 Å². The molecule has 0 aromatic heterocycles. The van der Waals surface area contributed by atoms with Crippen LogP contribution in [-0.4, -0.2) is 244 Å². The van der Waals surface area contributed by atoms with Crippen LogP contribution in [0.25, 0.3) is 0 Å². The maximum Gasteiger partial charge on any atom is 0.187 e. The molecule has 8 rings (SSSR count).